The maximum atomic E-state index is 5.75. The number of hydrogen-bond donors (Lipinski definition) is 2. The maximum absolute atomic E-state index is 5.75. The minimum absolute atomic E-state index is 0.244. The molecule has 84 valence electrons. The zero-order valence-electron chi connectivity index (χ0n) is 8.97. The van der Waals surface area contributed by atoms with Crippen LogP contribution in [0.25, 0.3) is 0 Å². The fraction of sp³-hybridized carbons (Fsp3) is 0.250. The minimum atomic E-state index is 0.244. The number of hydrogen-bond acceptors (Lipinski definition) is 4. The summed E-state index contributed by atoms with van der Waals surface area (Å²) in [4.78, 5) is 4.20. The summed E-state index contributed by atoms with van der Waals surface area (Å²) in [5, 5.41) is 6.23. The average molecular weight is 233 g/mol. The molecule has 0 aliphatic carbocycles. The SMILES string of the molecule is NCC(Cc1ccccc1)Nc1nccs1. The highest BCUT2D eigenvalue weighted by Gasteiger charge is 2.08. The Bertz CT molecular complexity index is 399. The predicted octanol–water partition coefficient (Wildman–Crippen LogP) is 2.12. The molecule has 16 heavy (non-hydrogen) atoms. The van der Waals surface area contributed by atoms with Crippen molar-refractivity contribution >= 4 is 16.5 Å². The van der Waals surface area contributed by atoms with Crippen molar-refractivity contribution in [2.45, 2.75) is 12.5 Å². The second-order valence-corrected chi connectivity index (χ2v) is 4.50. The molecule has 0 fully saturated rings. The van der Waals surface area contributed by atoms with Gasteiger partial charge < -0.3 is 11.1 Å². The Hall–Kier alpha value is -1.39. The van der Waals surface area contributed by atoms with E-state index in [2.05, 4.69) is 22.4 Å². The second-order valence-electron chi connectivity index (χ2n) is 3.60. The molecular weight excluding hydrogens is 218 g/mol. The molecular formula is C12H15N3S. The molecule has 0 saturated carbocycles. The van der Waals surface area contributed by atoms with Crippen LogP contribution < -0.4 is 11.1 Å². The largest absolute Gasteiger partial charge is 0.357 e. The third-order valence-electron chi connectivity index (χ3n) is 2.37. The zero-order chi connectivity index (χ0) is 11.2. The van der Waals surface area contributed by atoms with Gasteiger partial charge in [-0.3, -0.25) is 0 Å². The maximum Gasteiger partial charge on any atom is 0.182 e. The predicted molar refractivity (Wildman–Crippen MR) is 68.7 cm³/mol. The molecule has 0 amide bonds. The normalized spacial score (nSPS) is 12.3. The molecule has 4 heteroatoms. The van der Waals surface area contributed by atoms with E-state index in [-0.39, 0.29) is 6.04 Å². The minimum Gasteiger partial charge on any atom is -0.357 e. The van der Waals surface area contributed by atoms with Gasteiger partial charge in [0.15, 0.2) is 5.13 Å². The lowest BCUT2D eigenvalue weighted by atomic mass is 10.1. The lowest BCUT2D eigenvalue weighted by molar-refractivity contribution is 0.723. The summed E-state index contributed by atoms with van der Waals surface area (Å²) in [5.74, 6) is 0. The van der Waals surface area contributed by atoms with Crippen molar-refractivity contribution < 1.29 is 0 Å². The van der Waals surface area contributed by atoms with E-state index in [0.717, 1.165) is 11.6 Å². The molecule has 0 radical (unpaired) electrons. The van der Waals surface area contributed by atoms with Gasteiger partial charge in [0.1, 0.15) is 0 Å². The number of benzene rings is 1. The molecule has 1 unspecified atom stereocenters. The number of nitrogens with zero attached hydrogens (tertiary/aromatic N) is 1. The number of anilines is 1. The van der Waals surface area contributed by atoms with Crippen LogP contribution in [0.4, 0.5) is 5.13 Å². The molecule has 0 aliphatic rings. The average Bonchev–Trinajstić information content (AvgIpc) is 2.82. The van der Waals surface area contributed by atoms with Crippen LogP contribution in [-0.4, -0.2) is 17.6 Å². The lowest BCUT2D eigenvalue weighted by Gasteiger charge is -2.15. The van der Waals surface area contributed by atoms with Crippen molar-refractivity contribution in [2.75, 3.05) is 11.9 Å². The Labute approximate surface area is 99.3 Å². The third kappa shape index (κ3) is 3.05. The first-order valence-corrected chi connectivity index (χ1v) is 6.16. The van der Waals surface area contributed by atoms with E-state index in [9.17, 15) is 0 Å². The topological polar surface area (TPSA) is 50.9 Å². The lowest BCUT2D eigenvalue weighted by Crippen LogP contribution is -2.30. The van der Waals surface area contributed by atoms with Gasteiger partial charge in [-0.05, 0) is 12.0 Å². The quantitative estimate of drug-likeness (QED) is 0.831. The molecule has 0 aliphatic heterocycles. The molecule has 3 N–H and O–H groups in total. The van der Waals surface area contributed by atoms with Crippen LogP contribution >= 0.6 is 11.3 Å². The van der Waals surface area contributed by atoms with Crippen molar-refractivity contribution in [1.29, 1.82) is 0 Å². The molecule has 0 saturated heterocycles. The molecule has 0 bridgehead atoms. The van der Waals surface area contributed by atoms with Crippen molar-refractivity contribution in [3.63, 3.8) is 0 Å². The van der Waals surface area contributed by atoms with Crippen LogP contribution in [0.1, 0.15) is 5.56 Å². The van der Waals surface area contributed by atoms with E-state index in [4.69, 9.17) is 5.73 Å². The highest BCUT2D eigenvalue weighted by Crippen LogP contribution is 2.13. The Morgan fingerprint density at radius 3 is 2.75 bits per heavy atom. The monoisotopic (exact) mass is 233 g/mol. The summed E-state index contributed by atoms with van der Waals surface area (Å²) >= 11 is 1.60. The van der Waals surface area contributed by atoms with E-state index < -0.39 is 0 Å². The summed E-state index contributed by atoms with van der Waals surface area (Å²) < 4.78 is 0. The van der Waals surface area contributed by atoms with E-state index in [1.54, 1.807) is 17.5 Å². The first-order chi connectivity index (χ1) is 7.88. The molecule has 1 atom stereocenters. The summed E-state index contributed by atoms with van der Waals surface area (Å²) in [6.45, 7) is 0.606. The van der Waals surface area contributed by atoms with Crippen molar-refractivity contribution in [1.82, 2.24) is 4.98 Å². The van der Waals surface area contributed by atoms with Crippen LogP contribution in [0.5, 0.6) is 0 Å². The van der Waals surface area contributed by atoms with Gasteiger partial charge in [-0.1, -0.05) is 30.3 Å². The van der Waals surface area contributed by atoms with Crippen LogP contribution in [-0.2, 0) is 6.42 Å². The van der Waals surface area contributed by atoms with Crippen LogP contribution in [0, 0.1) is 0 Å². The smallest absolute Gasteiger partial charge is 0.182 e. The summed E-state index contributed by atoms with van der Waals surface area (Å²) in [6, 6.07) is 10.6. The number of aromatic nitrogens is 1. The van der Waals surface area contributed by atoms with Gasteiger partial charge in [-0.15, -0.1) is 11.3 Å². The van der Waals surface area contributed by atoms with Crippen molar-refractivity contribution in [2.24, 2.45) is 5.73 Å². The summed E-state index contributed by atoms with van der Waals surface area (Å²) in [6.07, 6.45) is 2.72. The van der Waals surface area contributed by atoms with Crippen molar-refractivity contribution in [3.8, 4) is 0 Å². The van der Waals surface area contributed by atoms with Gasteiger partial charge >= 0.3 is 0 Å². The second kappa shape index (κ2) is 5.63. The first kappa shape index (κ1) is 11.1. The van der Waals surface area contributed by atoms with Gasteiger partial charge in [-0.25, -0.2) is 4.98 Å². The van der Waals surface area contributed by atoms with E-state index in [1.807, 2.05) is 23.6 Å². The van der Waals surface area contributed by atoms with Gasteiger partial charge in [-0.2, -0.15) is 0 Å². The van der Waals surface area contributed by atoms with Gasteiger partial charge in [0, 0.05) is 24.2 Å². The Balaban J connectivity index is 1.96. The first-order valence-electron chi connectivity index (χ1n) is 5.28. The number of thiazole rings is 1. The zero-order valence-corrected chi connectivity index (χ0v) is 9.78. The number of nitrogens with two attached hydrogens (primary N) is 1. The standard InChI is InChI=1S/C12H15N3S/c13-9-11(15-12-14-6-7-16-12)8-10-4-2-1-3-5-10/h1-7,11H,8-9,13H2,(H,14,15). The fourth-order valence-corrected chi connectivity index (χ4v) is 2.17. The van der Waals surface area contributed by atoms with E-state index in [1.165, 1.54) is 5.56 Å². The molecule has 2 rings (SSSR count). The number of nitrogens with one attached hydrogen (secondary N) is 1. The molecule has 1 aromatic heterocycles. The van der Waals surface area contributed by atoms with Gasteiger partial charge in [0.05, 0.1) is 0 Å². The highest BCUT2D eigenvalue weighted by atomic mass is 32.1. The fourth-order valence-electron chi connectivity index (χ4n) is 1.56. The Kier molecular flexibility index (Phi) is 3.91. The van der Waals surface area contributed by atoms with Crippen LogP contribution in [0.3, 0.4) is 0 Å². The van der Waals surface area contributed by atoms with E-state index >= 15 is 0 Å². The van der Waals surface area contributed by atoms with Crippen LogP contribution in [0.2, 0.25) is 0 Å². The molecule has 0 spiro atoms. The van der Waals surface area contributed by atoms with E-state index in [0.29, 0.717) is 6.54 Å². The summed E-state index contributed by atoms with van der Waals surface area (Å²) in [7, 11) is 0. The van der Waals surface area contributed by atoms with Gasteiger partial charge in [0.2, 0.25) is 0 Å². The van der Waals surface area contributed by atoms with Crippen molar-refractivity contribution in [3.05, 3.63) is 47.5 Å². The number of rotatable bonds is 5. The highest BCUT2D eigenvalue weighted by molar-refractivity contribution is 7.13. The third-order valence-corrected chi connectivity index (χ3v) is 3.07. The molecule has 3 nitrogen and oxygen atoms in total. The molecule has 2 aromatic rings. The summed E-state index contributed by atoms with van der Waals surface area (Å²) in [5.41, 5.74) is 7.05. The Morgan fingerprint density at radius 1 is 1.31 bits per heavy atom. The Morgan fingerprint density at radius 2 is 2.12 bits per heavy atom. The van der Waals surface area contributed by atoms with Gasteiger partial charge in [0.25, 0.3) is 0 Å². The molecule has 1 heterocycles. The molecule has 1 aromatic carbocycles. The van der Waals surface area contributed by atoms with Crippen LogP contribution in [0.15, 0.2) is 41.9 Å².